The van der Waals surface area contributed by atoms with Crippen LogP contribution in [0.5, 0.6) is 11.5 Å². The van der Waals surface area contributed by atoms with Gasteiger partial charge >= 0.3 is 0 Å². The summed E-state index contributed by atoms with van der Waals surface area (Å²) in [5.74, 6) is 2.54. The van der Waals surface area contributed by atoms with Gasteiger partial charge in [-0.3, -0.25) is 9.59 Å². The Morgan fingerprint density at radius 1 is 1.11 bits per heavy atom. The minimum atomic E-state index is 0.00270. The Labute approximate surface area is 163 Å². The third-order valence-corrected chi connectivity index (χ3v) is 5.14. The van der Waals surface area contributed by atoms with Gasteiger partial charge in [0.2, 0.25) is 5.91 Å². The van der Waals surface area contributed by atoms with Gasteiger partial charge in [-0.2, -0.15) is 0 Å². The van der Waals surface area contributed by atoms with Crippen LogP contribution < -0.4 is 10.1 Å². The van der Waals surface area contributed by atoms with Crippen LogP contribution in [-0.2, 0) is 16.0 Å². The average molecular weight is 385 g/mol. The van der Waals surface area contributed by atoms with Crippen molar-refractivity contribution in [2.45, 2.75) is 38.5 Å². The molecule has 2 aliphatic carbocycles. The molecule has 1 heterocycles. The number of amides is 1. The summed E-state index contributed by atoms with van der Waals surface area (Å²) in [6.07, 6.45) is 6.82. The van der Waals surface area contributed by atoms with E-state index in [-0.39, 0.29) is 17.6 Å². The van der Waals surface area contributed by atoms with Crippen molar-refractivity contribution in [1.82, 2.24) is 4.98 Å². The quantitative estimate of drug-likeness (QED) is 0.710. The predicted molar refractivity (Wildman–Crippen MR) is 103 cm³/mol. The smallest absolute Gasteiger partial charge is 0.228 e. The molecule has 1 amide bonds. The Bertz CT molecular complexity index is 875. The van der Waals surface area contributed by atoms with Crippen LogP contribution in [0.4, 0.5) is 5.82 Å². The van der Waals surface area contributed by atoms with Gasteiger partial charge in [0.1, 0.15) is 23.1 Å². The second-order valence-electron chi connectivity index (χ2n) is 7.36. The first-order valence-electron chi connectivity index (χ1n) is 9.32. The zero-order valence-corrected chi connectivity index (χ0v) is 15.7. The maximum Gasteiger partial charge on any atom is 0.228 e. The van der Waals surface area contributed by atoms with Crippen LogP contribution in [0.25, 0.3) is 0 Å². The number of ether oxygens (including phenoxy) is 1. The zero-order chi connectivity index (χ0) is 18.8. The van der Waals surface area contributed by atoms with Gasteiger partial charge < -0.3 is 10.1 Å². The van der Waals surface area contributed by atoms with E-state index in [1.165, 1.54) is 12.8 Å². The Morgan fingerprint density at radius 3 is 2.59 bits per heavy atom. The average Bonchev–Trinajstić information content (AvgIpc) is 3.52. The Hall–Kier alpha value is -2.40. The van der Waals surface area contributed by atoms with Gasteiger partial charge in [0.05, 0.1) is 0 Å². The van der Waals surface area contributed by atoms with E-state index in [2.05, 4.69) is 10.3 Å². The van der Waals surface area contributed by atoms with Crippen molar-refractivity contribution >= 4 is 29.1 Å². The number of benzene rings is 1. The summed E-state index contributed by atoms with van der Waals surface area (Å²) < 4.78 is 5.83. The van der Waals surface area contributed by atoms with E-state index < -0.39 is 0 Å². The molecule has 0 saturated heterocycles. The lowest BCUT2D eigenvalue weighted by Gasteiger charge is -2.10. The molecule has 140 valence electrons. The van der Waals surface area contributed by atoms with Gasteiger partial charge in [-0.15, -0.1) is 0 Å². The highest BCUT2D eigenvalue weighted by molar-refractivity contribution is 6.31. The van der Waals surface area contributed by atoms with Gasteiger partial charge in [0.15, 0.2) is 0 Å². The molecule has 0 radical (unpaired) electrons. The number of carbonyl (C=O) groups is 2. The van der Waals surface area contributed by atoms with E-state index in [9.17, 15) is 9.59 Å². The third-order valence-electron chi connectivity index (χ3n) is 4.79. The van der Waals surface area contributed by atoms with Crippen LogP contribution in [0.3, 0.4) is 0 Å². The lowest BCUT2D eigenvalue weighted by Crippen LogP contribution is -2.14. The lowest BCUT2D eigenvalue weighted by atomic mass is 10.0. The molecule has 1 aromatic carbocycles. The highest BCUT2D eigenvalue weighted by atomic mass is 35.5. The maximum absolute atomic E-state index is 12.0. The Balaban J connectivity index is 1.39. The number of ketones is 1. The van der Waals surface area contributed by atoms with Crippen LogP contribution in [-0.4, -0.2) is 16.7 Å². The molecule has 0 bridgehead atoms. The van der Waals surface area contributed by atoms with Crippen molar-refractivity contribution in [3.63, 3.8) is 0 Å². The number of anilines is 1. The minimum Gasteiger partial charge on any atom is -0.457 e. The number of rotatable bonds is 8. The largest absolute Gasteiger partial charge is 0.457 e. The van der Waals surface area contributed by atoms with Gasteiger partial charge in [-0.25, -0.2) is 4.98 Å². The van der Waals surface area contributed by atoms with E-state index >= 15 is 0 Å². The van der Waals surface area contributed by atoms with Crippen molar-refractivity contribution in [2.75, 3.05) is 5.32 Å². The molecule has 2 aliphatic rings. The van der Waals surface area contributed by atoms with E-state index in [1.54, 1.807) is 30.5 Å². The molecule has 0 atom stereocenters. The molecule has 2 aromatic rings. The van der Waals surface area contributed by atoms with Crippen LogP contribution in [0.15, 0.2) is 36.5 Å². The molecule has 4 rings (SSSR count). The summed E-state index contributed by atoms with van der Waals surface area (Å²) in [5, 5.41) is 3.32. The molecule has 2 saturated carbocycles. The van der Waals surface area contributed by atoms with Crippen LogP contribution >= 0.6 is 11.6 Å². The fourth-order valence-corrected chi connectivity index (χ4v) is 3.15. The van der Waals surface area contributed by atoms with Crippen LogP contribution in [0, 0.1) is 11.8 Å². The monoisotopic (exact) mass is 384 g/mol. The molecule has 0 spiro atoms. The lowest BCUT2D eigenvalue weighted by molar-refractivity contribution is -0.119. The second-order valence-corrected chi connectivity index (χ2v) is 7.77. The van der Waals surface area contributed by atoms with Crippen molar-refractivity contribution in [2.24, 2.45) is 11.8 Å². The summed E-state index contributed by atoms with van der Waals surface area (Å²) in [5.41, 5.74) is 0.821. The third kappa shape index (κ3) is 5.07. The highest BCUT2D eigenvalue weighted by Crippen LogP contribution is 2.34. The standard InChI is InChI=1S/C21H21ClN2O3/c22-19-11-17(6-5-15(19)10-16(25)9-13-1-2-13)27-18-7-8-23-20(12-18)24-21(26)14-3-4-14/h5-8,11-14H,1-4,9-10H2,(H,23,24,26). The molecule has 27 heavy (non-hydrogen) atoms. The highest BCUT2D eigenvalue weighted by Gasteiger charge is 2.29. The topological polar surface area (TPSA) is 68.3 Å². The Kier molecular flexibility index (Phi) is 5.12. The first kappa shape index (κ1) is 18.0. The fourth-order valence-electron chi connectivity index (χ4n) is 2.92. The van der Waals surface area contributed by atoms with E-state index in [0.717, 1.165) is 18.4 Å². The number of nitrogens with zero attached hydrogens (tertiary/aromatic N) is 1. The molecule has 0 unspecified atom stereocenters. The summed E-state index contributed by atoms with van der Waals surface area (Å²) >= 11 is 6.33. The molecule has 2 fully saturated rings. The number of aromatic nitrogens is 1. The summed E-state index contributed by atoms with van der Waals surface area (Å²) in [6.45, 7) is 0. The summed E-state index contributed by atoms with van der Waals surface area (Å²) in [7, 11) is 0. The van der Waals surface area contributed by atoms with Crippen molar-refractivity contribution in [1.29, 1.82) is 0 Å². The molecule has 6 heteroatoms. The molecular weight excluding hydrogens is 364 g/mol. The maximum atomic E-state index is 12.0. The number of carbonyl (C=O) groups excluding carboxylic acids is 2. The zero-order valence-electron chi connectivity index (χ0n) is 14.9. The van der Waals surface area contributed by atoms with Crippen LogP contribution in [0.1, 0.15) is 37.7 Å². The Morgan fingerprint density at radius 2 is 1.89 bits per heavy atom. The van der Waals surface area contributed by atoms with E-state index in [0.29, 0.717) is 41.1 Å². The summed E-state index contributed by atoms with van der Waals surface area (Å²) in [4.78, 5) is 28.0. The van der Waals surface area contributed by atoms with E-state index in [1.807, 2.05) is 6.07 Å². The molecule has 0 aliphatic heterocycles. The summed E-state index contributed by atoms with van der Waals surface area (Å²) in [6, 6.07) is 8.74. The van der Waals surface area contributed by atoms with Gasteiger partial charge in [-0.05, 0) is 55.4 Å². The molecule has 5 nitrogen and oxygen atoms in total. The second kappa shape index (κ2) is 7.69. The molecule has 1 aromatic heterocycles. The number of pyridine rings is 1. The predicted octanol–water partition coefficient (Wildman–Crippen LogP) is 4.79. The molecular formula is C21H21ClN2O3. The van der Waals surface area contributed by atoms with Gasteiger partial charge in [-0.1, -0.05) is 17.7 Å². The van der Waals surface area contributed by atoms with Crippen molar-refractivity contribution in [3.8, 4) is 11.5 Å². The fraction of sp³-hybridized carbons (Fsp3) is 0.381. The van der Waals surface area contributed by atoms with Crippen LogP contribution in [0.2, 0.25) is 5.02 Å². The SMILES string of the molecule is O=C(Cc1ccc(Oc2ccnc(NC(=O)C3CC3)c2)cc1Cl)CC1CC1. The normalized spacial score (nSPS) is 16.0. The number of Topliss-reactive ketones (excluding diaryl/α,β-unsaturated/α-hetero) is 1. The van der Waals surface area contributed by atoms with Crippen molar-refractivity contribution < 1.29 is 14.3 Å². The minimum absolute atomic E-state index is 0.00270. The number of halogens is 1. The van der Waals surface area contributed by atoms with Gasteiger partial charge in [0, 0.05) is 36.0 Å². The first-order valence-corrected chi connectivity index (χ1v) is 9.69. The van der Waals surface area contributed by atoms with Gasteiger partial charge in [0.25, 0.3) is 0 Å². The number of hydrogen-bond donors (Lipinski definition) is 1. The number of nitrogens with one attached hydrogen (secondary N) is 1. The van der Waals surface area contributed by atoms with E-state index in [4.69, 9.17) is 16.3 Å². The van der Waals surface area contributed by atoms with Crippen molar-refractivity contribution in [3.05, 3.63) is 47.1 Å². The molecule has 1 N–H and O–H groups in total. The first-order chi connectivity index (χ1) is 13.1. The number of hydrogen-bond acceptors (Lipinski definition) is 4.